The summed E-state index contributed by atoms with van der Waals surface area (Å²) in [6.07, 6.45) is 0. The fourth-order valence-corrected chi connectivity index (χ4v) is 9.07. The van der Waals surface area contributed by atoms with E-state index in [1.807, 2.05) is 6.07 Å². The van der Waals surface area contributed by atoms with Gasteiger partial charge in [-0.25, -0.2) is 9.97 Å². The maximum Gasteiger partial charge on any atom is 0.0973 e. The Bertz CT molecular complexity index is 3020. The first-order valence-electron chi connectivity index (χ1n) is 18.9. The molecule has 11 rings (SSSR count). The van der Waals surface area contributed by atoms with Crippen LogP contribution in [-0.4, -0.2) is 9.97 Å². The summed E-state index contributed by atoms with van der Waals surface area (Å²) in [5.74, 6) is 0. The molecule has 10 aromatic rings. The van der Waals surface area contributed by atoms with Crippen LogP contribution in [0.1, 0.15) is 22.3 Å². The number of aromatic nitrogens is 2. The lowest BCUT2D eigenvalue weighted by Crippen LogP contribution is -2.28. The summed E-state index contributed by atoms with van der Waals surface area (Å²) in [5, 5.41) is 4.77. The van der Waals surface area contributed by atoms with E-state index >= 15 is 0 Å². The second kappa shape index (κ2) is 12.5. The number of nitrogens with zero attached hydrogens (tertiary/aromatic N) is 2. The van der Waals surface area contributed by atoms with E-state index in [9.17, 15) is 0 Å². The summed E-state index contributed by atoms with van der Waals surface area (Å²) < 4.78 is 0. The van der Waals surface area contributed by atoms with Gasteiger partial charge < -0.3 is 0 Å². The zero-order chi connectivity index (χ0) is 36.3. The van der Waals surface area contributed by atoms with Gasteiger partial charge in [-0.3, -0.25) is 0 Å². The Morgan fingerprint density at radius 3 is 1.69 bits per heavy atom. The third kappa shape index (κ3) is 4.82. The topological polar surface area (TPSA) is 25.8 Å². The molecule has 0 saturated carbocycles. The van der Waals surface area contributed by atoms with Crippen molar-refractivity contribution in [2.24, 2.45) is 0 Å². The van der Waals surface area contributed by atoms with E-state index in [4.69, 9.17) is 9.97 Å². The van der Waals surface area contributed by atoms with Crippen LogP contribution in [0.4, 0.5) is 0 Å². The molecule has 1 aliphatic rings. The first-order chi connectivity index (χ1) is 27.3. The molecule has 0 amide bonds. The van der Waals surface area contributed by atoms with Crippen LogP contribution in [-0.2, 0) is 5.41 Å². The highest BCUT2D eigenvalue weighted by Crippen LogP contribution is 2.58. The van der Waals surface area contributed by atoms with E-state index in [2.05, 4.69) is 200 Å². The van der Waals surface area contributed by atoms with Crippen LogP contribution < -0.4 is 0 Å². The van der Waals surface area contributed by atoms with Gasteiger partial charge in [-0.1, -0.05) is 194 Å². The average Bonchev–Trinajstić information content (AvgIpc) is 3.58. The molecule has 0 saturated heterocycles. The molecule has 2 nitrogen and oxygen atoms in total. The molecule has 55 heavy (non-hydrogen) atoms. The van der Waals surface area contributed by atoms with Gasteiger partial charge in [0.1, 0.15) is 0 Å². The molecular weight excluding hydrogens is 665 g/mol. The minimum atomic E-state index is -0.445. The largest absolute Gasteiger partial charge is 0.244 e. The molecule has 0 N–H and O–H groups in total. The Morgan fingerprint density at radius 2 is 0.927 bits per heavy atom. The molecule has 1 aromatic heterocycles. The minimum absolute atomic E-state index is 0.445. The van der Waals surface area contributed by atoms with E-state index in [-0.39, 0.29) is 0 Å². The Kier molecular flexibility index (Phi) is 7.11. The molecule has 2 heteroatoms. The van der Waals surface area contributed by atoms with Gasteiger partial charge in [-0.05, 0) is 72.8 Å². The summed E-state index contributed by atoms with van der Waals surface area (Å²) in [6.45, 7) is 0. The van der Waals surface area contributed by atoms with Crippen molar-refractivity contribution in [1.29, 1.82) is 0 Å². The van der Waals surface area contributed by atoms with Crippen LogP contribution in [0.15, 0.2) is 206 Å². The Hall–Kier alpha value is -7.16. The molecule has 256 valence electrons. The van der Waals surface area contributed by atoms with Crippen LogP contribution >= 0.6 is 0 Å². The molecule has 0 fully saturated rings. The Morgan fingerprint density at radius 1 is 0.345 bits per heavy atom. The first kappa shape index (κ1) is 31.4. The fraction of sp³-hybridized carbons (Fsp3) is 0.0189. The Labute approximate surface area is 320 Å². The predicted molar refractivity (Wildman–Crippen MR) is 228 cm³/mol. The number of rotatable bonds is 5. The van der Waals surface area contributed by atoms with Gasteiger partial charge in [-0.15, -0.1) is 0 Å². The van der Waals surface area contributed by atoms with Gasteiger partial charge in [0, 0.05) is 16.5 Å². The summed E-state index contributed by atoms with van der Waals surface area (Å²) in [5.41, 5.74) is 15.4. The van der Waals surface area contributed by atoms with Gasteiger partial charge in [0.2, 0.25) is 0 Å². The molecule has 0 aliphatic heterocycles. The predicted octanol–water partition coefficient (Wildman–Crippen LogP) is 13.3. The lowest BCUT2D eigenvalue weighted by atomic mass is 9.66. The van der Waals surface area contributed by atoms with Crippen LogP contribution in [0.25, 0.3) is 77.3 Å². The monoisotopic (exact) mass is 698 g/mol. The van der Waals surface area contributed by atoms with E-state index in [0.717, 1.165) is 49.9 Å². The quantitative estimate of drug-likeness (QED) is 0.167. The van der Waals surface area contributed by atoms with E-state index in [1.165, 1.54) is 49.7 Å². The minimum Gasteiger partial charge on any atom is -0.244 e. The highest BCUT2D eigenvalue weighted by molar-refractivity contribution is 6.06. The molecule has 0 bridgehead atoms. The molecule has 0 unspecified atom stereocenters. The molecule has 0 atom stereocenters. The average molecular weight is 699 g/mol. The van der Waals surface area contributed by atoms with Gasteiger partial charge in [-0.2, -0.15) is 0 Å². The van der Waals surface area contributed by atoms with Gasteiger partial charge in [0.15, 0.2) is 0 Å². The third-order valence-corrected chi connectivity index (χ3v) is 11.5. The van der Waals surface area contributed by atoms with Crippen LogP contribution in [0.5, 0.6) is 0 Å². The van der Waals surface area contributed by atoms with Crippen molar-refractivity contribution >= 4 is 32.6 Å². The van der Waals surface area contributed by atoms with Gasteiger partial charge in [0.05, 0.1) is 27.8 Å². The zero-order valence-electron chi connectivity index (χ0n) is 30.0. The van der Waals surface area contributed by atoms with E-state index < -0.39 is 5.41 Å². The maximum atomic E-state index is 5.34. The number of hydrogen-bond acceptors (Lipinski definition) is 2. The van der Waals surface area contributed by atoms with Crippen molar-refractivity contribution in [3.05, 3.63) is 229 Å². The standard InChI is InChI=1S/C53H34N2/c1-4-15-37(16-5-1)50-51(55-52-44-21-11-10-14-36(44)30-33-48(52)54-50)38-26-24-35(25-27-38)39-28-31-43-40(34-39)29-32-46-45-22-12-13-23-47(45)53(49(43)46,41-17-6-2-7-18-41)42-19-8-3-9-20-42/h1-34H. The number of benzene rings is 9. The van der Waals surface area contributed by atoms with Crippen molar-refractivity contribution in [3.63, 3.8) is 0 Å². The van der Waals surface area contributed by atoms with Crippen molar-refractivity contribution in [3.8, 4) is 44.8 Å². The van der Waals surface area contributed by atoms with Gasteiger partial charge in [0.25, 0.3) is 0 Å². The highest BCUT2D eigenvalue weighted by Gasteiger charge is 2.46. The summed E-state index contributed by atoms with van der Waals surface area (Å²) >= 11 is 0. The van der Waals surface area contributed by atoms with Crippen LogP contribution in [0.2, 0.25) is 0 Å². The van der Waals surface area contributed by atoms with Crippen molar-refractivity contribution in [1.82, 2.24) is 9.97 Å². The molecule has 1 heterocycles. The van der Waals surface area contributed by atoms with Crippen molar-refractivity contribution in [2.75, 3.05) is 0 Å². The second-order valence-corrected chi connectivity index (χ2v) is 14.5. The van der Waals surface area contributed by atoms with Crippen molar-refractivity contribution in [2.45, 2.75) is 5.41 Å². The molecule has 9 aromatic carbocycles. The smallest absolute Gasteiger partial charge is 0.0973 e. The summed E-state index contributed by atoms with van der Waals surface area (Å²) in [6, 6.07) is 74.5. The van der Waals surface area contributed by atoms with Crippen LogP contribution in [0, 0.1) is 0 Å². The lowest BCUT2D eigenvalue weighted by Gasteiger charge is -2.34. The lowest BCUT2D eigenvalue weighted by molar-refractivity contribution is 0.775. The first-order valence-corrected chi connectivity index (χ1v) is 18.9. The molecule has 1 aliphatic carbocycles. The maximum absolute atomic E-state index is 5.34. The van der Waals surface area contributed by atoms with E-state index in [1.54, 1.807) is 0 Å². The molecule has 0 radical (unpaired) electrons. The Balaban J connectivity index is 1.06. The third-order valence-electron chi connectivity index (χ3n) is 11.5. The molecular formula is C53H34N2. The zero-order valence-corrected chi connectivity index (χ0v) is 30.0. The molecule has 0 spiro atoms. The summed E-state index contributed by atoms with van der Waals surface area (Å²) in [7, 11) is 0. The normalized spacial score (nSPS) is 12.9. The van der Waals surface area contributed by atoms with Gasteiger partial charge >= 0.3 is 0 Å². The highest BCUT2D eigenvalue weighted by atomic mass is 14.8. The SMILES string of the molecule is c1ccc(-c2nc3ccc4ccccc4c3nc2-c2ccc(-c3ccc4c5c(ccc4c3)-c3ccccc3C5(c3ccccc3)c3ccccc3)cc2)cc1. The fourth-order valence-electron chi connectivity index (χ4n) is 9.07. The summed E-state index contributed by atoms with van der Waals surface area (Å²) in [4.78, 5) is 10.6. The second-order valence-electron chi connectivity index (χ2n) is 14.5. The number of fused-ring (bicyclic) bond motifs is 8. The van der Waals surface area contributed by atoms with Crippen molar-refractivity contribution < 1.29 is 0 Å². The van der Waals surface area contributed by atoms with Crippen LogP contribution in [0.3, 0.4) is 0 Å². The van der Waals surface area contributed by atoms with E-state index in [0.29, 0.717) is 0 Å². The number of hydrogen-bond donors (Lipinski definition) is 0.